The van der Waals surface area contributed by atoms with Gasteiger partial charge in [-0.25, -0.2) is 9.97 Å². The highest BCUT2D eigenvalue weighted by molar-refractivity contribution is 5.70. The summed E-state index contributed by atoms with van der Waals surface area (Å²) in [4.78, 5) is 18.8. The van der Waals surface area contributed by atoms with Crippen LogP contribution < -0.4 is 10.1 Å². The molecule has 98 valence electrons. The van der Waals surface area contributed by atoms with E-state index in [1.165, 1.54) is 19.4 Å². The number of nitrogens with one attached hydrogen (secondary N) is 1. The minimum atomic E-state index is -0.466. The molecule has 0 saturated heterocycles. The Labute approximate surface area is 109 Å². The van der Waals surface area contributed by atoms with Crippen molar-refractivity contribution in [2.75, 3.05) is 19.5 Å². The highest BCUT2D eigenvalue weighted by Crippen LogP contribution is 2.29. The molecule has 2 rings (SSSR count). The Balaban J connectivity index is 2.54. The van der Waals surface area contributed by atoms with Crippen LogP contribution in [0.3, 0.4) is 0 Å². The molecule has 0 aliphatic heterocycles. The summed E-state index contributed by atoms with van der Waals surface area (Å²) in [5.74, 6) is 0.993. The standard InChI is InChI=1S/C12H12N4O3/c1-13-10-5-4-9(16(17)18)12(15-10)8-3-6-11(19-2)14-7-8/h3-7H,1-2H3,(H,13,15). The fraction of sp³-hybridized carbons (Fsp3) is 0.167. The molecule has 1 N–H and O–H groups in total. The van der Waals surface area contributed by atoms with E-state index in [0.29, 0.717) is 17.3 Å². The van der Waals surface area contributed by atoms with Gasteiger partial charge in [0, 0.05) is 30.9 Å². The average molecular weight is 260 g/mol. The van der Waals surface area contributed by atoms with E-state index < -0.39 is 4.92 Å². The topological polar surface area (TPSA) is 90.2 Å². The number of hydrogen-bond acceptors (Lipinski definition) is 6. The van der Waals surface area contributed by atoms with Crippen molar-refractivity contribution in [3.05, 3.63) is 40.6 Å². The third kappa shape index (κ3) is 2.59. The maximum absolute atomic E-state index is 11.0. The first-order chi connectivity index (χ1) is 9.15. The number of methoxy groups -OCH3 is 1. The number of nitrogens with zero attached hydrogens (tertiary/aromatic N) is 3. The number of anilines is 1. The van der Waals surface area contributed by atoms with Crippen LogP contribution in [0, 0.1) is 10.1 Å². The second kappa shape index (κ2) is 5.30. The van der Waals surface area contributed by atoms with E-state index in [-0.39, 0.29) is 11.4 Å². The molecule has 0 atom stereocenters. The Hall–Kier alpha value is -2.70. The maximum Gasteiger partial charge on any atom is 0.295 e. The van der Waals surface area contributed by atoms with Crippen LogP contribution in [0.1, 0.15) is 0 Å². The van der Waals surface area contributed by atoms with Gasteiger partial charge in [0.1, 0.15) is 5.82 Å². The first kappa shape index (κ1) is 12.7. The van der Waals surface area contributed by atoms with Crippen molar-refractivity contribution in [1.29, 1.82) is 0 Å². The van der Waals surface area contributed by atoms with Gasteiger partial charge in [0.2, 0.25) is 5.88 Å². The first-order valence-electron chi connectivity index (χ1n) is 5.49. The largest absolute Gasteiger partial charge is 0.481 e. The molecule has 0 aliphatic carbocycles. The smallest absolute Gasteiger partial charge is 0.295 e. The van der Waals surface area contributed by atoms with Crippen LogP contribution in [0.15, 0.2) is 30.5 Å². The third-order valence-corrected chi connectivity index (χ3v) is 2.55. The molecule has 2 heterocycles. The van der Waals surface area contributed by atoms with Gasteiger partial charge in [0.05, 0.1) is 12.0 Å². The lowest BCUT2D eigenvalue weighted by Gasteiger charge is -2.05. The molecule has 0 saturated carbocycles. The zero-order chi connectivity index (χ0) is 13.8. The van der Waals surface area contributed by atoms with Gasteiger partial charge in [-0.3, -0.25) is 10.1 Å². The monoisotopic (exact) mass is 260 g/mol. The van der Waals surface area contributed by atoms with Crippen LogP contribution in [-0.4, -0.2) is 29.0 Å². The molecule has 0 fully saturated rings. The summed E-state index contributed by atoms with van der Waals surface area (Å²) in [6.07, 6.45) is 1.49. The van der Waals surface area contributed by atoms with Gasteiger partial charge in [-0.2, -0.15) is 0 Å². The first-order valence-corrected chi connectivity index (χ1v) is 5.49. The Bertz CT molecular complexity index is 598. The predicted molar refractivity (Wildman–Crippen MR) is 70.2 cm³/mol. The molecule has 2 aromatic heterocycles. The highest BCUT2D eigenvalue weighted by Gasteiger charge is 2.17. The summed E-state index contributed by atoms with van der Waals surface area (Å²) in [6, 6.07) is 6.28. The van der Waals surface area contributed by atoms with E-state index in [0.717, 1.165) is 0 Å². The molecular weight excluding hydrogens is 248 g/mol. The molecule has 7 nitrogen and oxygen atoms in total. The number of nitro groups is 1. The molecule has 19 heavy (non-hydrogen) atoms. The van der Waals surface area contributed by atoms with Gasteiger partial charge >= 0.3 is 0 Å². The van der Waals surface area contributed by atoms with Crippen LogP contribution in [0.4, 0.5) is 11.5 Å². The summed E-state index contributed by atoms with van der Waals surface area (Å²) < 4.78 is 4.95. The van der Waals surface area contributed by atoms with Gasteiger partial charge in [-0.1, -0.05) is 0 Å². The second-order valence-corrected chi connectivity index (χ2v) is 3.66. The number of hydrogen-bond donors (Lipinski definition) is 1. The minimum Gasteiger partial charge on any atom is -0.481 e. The molecular formula is C12H12N4O3. The van der Waals surface area contributed by atoms with Crippen molar-refractivity contribution < 1.29 is 9.66 Å². The Morgan fingerprint density at radius 2 is 2.11 bits per heavy atom. The predicted octanol–water partition coefficient (Wildman–Crippen LogP) is 2.10. The molecule has 0 aliphatic rings. The van der Waals surface area contributed by atoms with Gasteiger partial charge in [0.15, 0.2) is 5.69 Å². The third-order valence-electron chi connectivity index (χ3n) is 2.55. The van der Waals surface area contributed by atoms with Gasteiger partial charge in [-0.15, -0.1) is 0 Å². The van der Waals surface area contributed by atoms with Gasteiger partial charge < -0.3 is 10.1 Å². The highest BCUT2D eigenvalue weighted by atomic mass is 16.6. The fourth-order valence-electron chi connectivity index (χ4n) is 1.59. The molecule has 0 spiro atoms. The second-order valence-electron chi connectivity index (χ2n) is 3.66. The summed E-state index contributed by atoms with van der Waals surface area (Å²) in [5.41, 5.74) is 0.766. The van der Waals surface area contributed by atoms with E-state index in [1.54, 1.807) is 25.2 Å². The van der Waals surface area contributed by atoms with Crippen molar-refractivity contribution in [2.24, 2.45) is 0 Å². The zero-order valence-corrected chi connectivity index (χ0v) is 10.5. The van der Waals surface area contributed by atoms with Crippen LogP contribution in [0.5, 0.6) is 5.88 Å². The van der Waals surface area contributed by atoms with E-state index in [9.17, 15) is 10.1 Å². The van der Waals surface area contributed by atoms with E-state index in [1.807, 2.05) is 0 Å². The van der Waals surface area contributed by atoms with Crippen molar-refractivity contribution >= 4 is 11.5 Å². The van der Waals surface area contributed by atoms with Crippen molar-refractivity contribution in [3.63, 3.8) is 0 Å². The molecule has 0 radical (unpaired) electrons. The van der Waals surface area contributed by atoms with E-state index in [2.05, 4.69) is 15.3 Å². The summed E-state index contributed by atoms with van der Waals surface area (Å²) >= 11 is 0. The molecule has 0 unspecified atom stereocenters. The molecule has 0 amide bonds. The van der Waals surface area contributed by atoms with Crippen molar-refractivity contribution in [2.45, 2.75) is 0 Å². The lowest BCUT2D eigenvalue weighted by molar-refractivity contribution is -0.384. The number of rotatable bonds is 4. The normalized spacial score (nSPS) is 10.0. The van der Waals surface area contributed by atoms with Crippen LogP contribution in [0.25, 0.3) is 11.3 Å². The molecule has 7 heteroatoms. The fourth-order valence-corrected chi connectivity index (χ4v) is 1.59. The lowest BCUT2D eigenvalue weighted by Crippen LogP contribution is -1.99. The van der Waals surface area contributed by atoms with Crippen LogP contribution >= 0.6 is 0 Å². The summed E-state index contributed by atoms with van der Waals surface area (Å²) in [5, 5.41) is 13.9. The number of aromatic nitrogens is 2. The lowest BCUT2D eigenvalue weighted by atomic mass is 10.1. The van der Waals surface area contributed by atoms with Crippen molar-refractivity contribution in [1.82, 2.24) is 9.97 Å². The van der Waals surface area contributed by atoms with Crippen LogP contribution in [0.2, 0.25) is 0 Å². The van der Waals surface area contributed by atoms with Gasteiger partial charge in [-0.05, 0) is 12.1 Å². The molecule has 0 bridgehead atoms. The SMILES string of the molecule is CNc1ccc([N+](=O)[O-])c(-c2ccc(OC)nc2)n1. The maximum atomic E-state index is 11.0. The van der Waals surface area contributed by atoms with E-state index in [4.69, 9.17) is 4.74 Å². The Morgan fingerprint density at radius 1 is 1.32 bits per heavy atom. The zero-order valence-electron chi connectivity index (χ0n) is 10.5. The molecule has 0 aromatic carbocycles. The quantitative estimate of drug-likeness (QED) is 0.668. The summed E-state index contributed by atoms with van der Waals surface area (Å²) in [7, 11) is 3.20. The Kier molecular flexibility index (Phi) is 3.56. The summed E-state index contributed by atoms with van der Waals surface area (Å²) in [6.45, 7) is 0. The van der Waals surface area contributed by atoms with Crippen LogP contribution in [-0.2, 0) is 0 Å². The van der Waals surface area contributed by atoms with E-state index >= 15 is 0 Å². The number of ether oxygens (including phenoxy) is 1. The molecule has 2 aromatic rings. The minimum absolute atomic E-state index is 0.0639. The van der Waals surface area contributed by atoms with Crippen molar-refractivity contribution in [3.8, 4) is 17.1 Å². The Morgan fingerprint density at radius 3 is 2.63 bits per heavy atom. The number of pyridine rings is 2. The average Bonchev–Trinajstić information content (AvgIpc) is 2.46. The van der Waals surface area contributed by atoms with Gasteiger partial charge in [0.25, 0.3) is 5.69 Å².